The third kappa shape index (κ3) is 3.37. The van der Waals surface area contributed by atoms with Crippen molar-refractivity contribution in [3.05, 3.63) is 0 Å². The molecule has 1 aliphatic carbocycles. The molecule has 3 fully saturated rings. The lowest BCUT2D eigenvalue weighted by Gasteiger charge is -2.39. The highest BCUT2D eigenvalue weighted by Gasteiger charge is 2.48. The molecule has 3 amide bonds. The zero-order chi connectivity index (χ0) is 14.9. The molecule has 6 heteroatoms. The second kappa shape index (κ2) is 5.93. The number of carbonyl (C=O) groups excluding carboxylic acids is 2. The van der Waals surface area contributed by atoms with E-state index in [0.717, 1.165) is 51.6 Å². The Labute approximate surface area is 125 Å². The molecule has 3 aliphatic rings. The van der Waals surface area contributed by atoms with Gasteiger partial charge in [0.15, 0.2) is 0 Å². The fourth-order valence-corrected chi connectivity index (χ4v) is 3.30. The minimum Gasteiger partial charge on any atom is -0.380 e. The van der Waals surface area contributed by atoms with Crippen LogP contribution in [0.15, 0.2) is 0 Å². The van der Waals surface area contributed by atoms with Crippen LogP contribution in [0.5, 0.6) is 0 Å². The van der Waals surface area contributed by atoms with Crippen molar-refractivity contribution < 1.29 is 14.3 Å². The zero-order valence-corrected chi connectivity index (χ0v) is 12.7. The predicted molar refractivity (Wildman–Crippen MR) is 77.8 cm³/mol. The van der Waals surface area contributed by atoms with Gasteiger partial charge in [-0.15, -0.1) is 0 Å². The third-order valence-electron chi connectivity index (χ3n) is 5.00. The van der Waals surface area contributed by atoms with Crippen molar-refractivity contribution in [2.24, 2.45) is 11.8 Å². The second-order valence-corrected chi connectivity index (χ2v) is 6.77. The van der Waals surface area contributed by atoms with Crippen LogP contribution in [-0.4, -0.2) is 55.2 Å². The number of imide groups is 1. The number of hydrogen-bond acceptors (Lipinski definition) is 4. The summed E-state index contributed by atoms with van der Waals surface area (Å²) >= 11 is 0. The molecule has 2 saturated heterocycles. The summed E-state index contributed by atoms with van der Waals surface area (Å²) in [4.78, 5) is 25.8. The molecule has 3 rings (SSSR count). The van der Waals surface area contributed by atoms with Gasteiger partial charge in [0.25, 0.3) is 5.91 Å². The molecule has 0 aromatic heterocycles. The maximum atomic E-state index is 12.0. The molecule has 0 unspecified atom stereocenters. The number of urea groups is 1. The lowest BCUT2D eigenvalue weighted by molar-refractivity contribution is -0.126. The number of amides is 3. The fraction of sp³-hybridized carbons (Fsp3) is 0.867. The van der Waals surface area contributed by atoms with Gasteiger partial charge in [0, 0.05) is 25.6 Å². The summed E-state index contributed by atoms with van der Waals surface area (Å²) in [5, 5.41) is 5.16. The van der Waals surface area contributed by atoms with Crippen molar-refractivity contribution in [1.29, 1.82) is 0 Å². The minimum absolute atomic E-state index is 0.168. The molecule has 0 bridgehead atoms. The first-order valence-electron chi connectivity index (χ1n) is 8.01. The van der Waals surface area contributed by atoms with Gasteiger partial charge < -0.3 is 15.0 Å². The van der Waals surface area contributed by atoms with Crippen LogP contribution < -0.4 is 10.6 Å². The molecule has 2 heterocycles. The number of likely N-dealkylation sites (tertiary alicyclic amines) is 1. The number of rotatable bonds is 6. The van der Waals surface area contributed by atoms with Crippen LogP contribution in [0.25, 0.3) is 0 Å². The summed E-state index contributed by atoms with van der Waals surface area (Å²) in [6.45, 7) is 6.30. The van der Waals surface area contributed by atoms with Gasteiger partial charge in [-0.2, -0.15) is 0 Å². The predicted octanol–water partition coefficient (Wildman–Crippen LogP) is 0.723. The van der Waals surface area contributed by atoms with Crippen LogP contribution >= 0.6 is 0 Å². The summed E-state index contributed by atoms with van der Waals surface area (Å²) in [6.07, 6.45) is 4.67. The fourth-order valence-electron chi connectivity index (χ4n) is 3.30. The molecule has 118 valence electrons. The Kier molecular flexibility index (Phi) is 4.17. The topological polar surface area (TPSA) is 70.7 Å². The highest BCUT2D eigenvalue weighted by Crippen LogP contribution is 2.30. The summed E-state index contributed by atoms with van der Waals surface area (Å²) in [6, 6.07) is -0.368. The van der Waals surface area contributed by atoms with Crippen molar-refractivity contribution in [1.82, 2.24) is 15.5 Å². The van der Waals surface area contributed by atoms with Gasteiger partial charge in [0.05, 0.1) is 6.61 Å². The van der Waals surface area contributed by atoms with E-state index in [0.29, 0.717) is 0 Å². The van der Waals surface area contributed by atoms with E-state index < -0.39 is 5.54 Å². The number of nitrogens with zero attached hydrogens (tertiary/aromatic N) is 1. The maximum Gasteiger partial charge on any atom is 0.322 e. The molecule has 0 spiro atoms. The summed E-state index contributed by atoms with van der Waals surface area (Å²) in [7, 11) is 0. The lowest BCUT2D eigenvalue weighted by Crippen LogP contribution is -2.56. The van der Waals surface area contributed by atoms with Crippen LogP contribution in [0.1, 0.15) is 32.6 Å². The first-order chi connectivity index (χ1) is 10.1. The van der Waals surface area contributed by atoms with E-state index in [9.17, 15) is 9.59 Å². The van der Waals surface area contributed by atoms with E-state index in [1.165, 1.54) is 12.8 Å². The van der Waals surface area contributed by atoms with E-state index >= 15 is 0 Å². The summed E-state index contributed by atoms with van der Waals surface area (Å²) < 4.78 is 5.69. The molecule has 2 N–H and O–H groups in total. The van der Waals surface area contributed by atoms with Gasteiger partial charge in [0.1, 0.15) is 5.54 Å². The van der Waals surface area contributed by atoms with Crippen molar-refractivity contribution >= 4 is 11.9 Å². The average Bonchev–Trinajstić information content (AvgIpc) is 3.23. The highest BCUT2D eigenvalue weighted by molar-refractivity contribution is 6.06. The Balaban J connectivity index is 1.48. The Bertz CT molecular complexity index is 424. The van der Waals surface area contributed by atoms with E-state index in [1.807, 2.05) is 6.92 Å². The Morgan fingerprint density at radius 1 is 1.33 bits per heavy atom. The number of carbonyl (C=O) groups is 2. The zero-order valence-electron chi connectivity index (χ0n) is 12.7. The average molecular weight is 295 g/mol. The number of hydrogen-bond donors (Lipinski definition) is 2. The number of piperidine rings is 1. The highest BCUT2D eigenvalue weighted by atomic mass is 16.5. The summed E-state index contributed by atoms with van der Waals surface area (Å²) in [5.41, 5.74) is -0.759. The minimum atomic E-state index is -0.759. The van der Waals surface area contributed by atoms with Crippen LogP contribution in [-0.2, 0) is 9.53 Å². The smallest absolute Gasteiger partial charge is 0.322 e. The van der Waals surface area contributed by atoms with E-state index in [1.54, 1.807) is 0 Å². The molecule has 6 nitrogen and oxygen atoms in total. The molecular weight excluding hydrogens is 270 g/mol. The van der Waals surface area contributed by atoms with Crippen LogP contribution in [0.3, 0.4) is 0 Å². The maximum absolute atomic E-state index is 12.0. The summed E-state index contributed by atoms with van der Waals surface area (Å²) in [5.74, 6) is 0.779. The van der Waals surface area contributed by atoms with Crippen LogP contribution in [0.4, 0.5) is 4.79 Å². The Morgan fingerprint density at radius 2 is 2.14 bits per heavy atom. The first kappa shape index (κ1) is 14.8. The molecule has 2 aliphatic heterocycles. The molecule has 1 saturated carbocycles. The SMILES string of the molecule is C[C@@]1([C@H]2CCCN(CCOCC3CC3)C2)NC(=O)NC1=O. The molecule has 2 atom stereocenters. The quantitative estimate of drug-likeness (QED) is 0.560. The molecule has 0 aromatic rings. The third-order valence-corrected chi connectivity index (χ3v) is 5.00. The largest absolute Gasteiger partial charge is 0.380 e. The van der Waals surface area contributed by atoms with Gasteiger partial charge in [-0.05, 0) is 45.1 Å². The van der Waals surface area contributed by atoms with Crippen molar-refractivity contribution in [3.8, 4) is 0 Å². The lowest BCUT2D eigenvalue weighted by atomic mass is 9.80. The molecular formula is C15H25N3O3. The Morgan fingerprint density at radius 3 is 2.81 bits per heavy atom. The first-order valence-corrected chi connectivity index (χ1v) is 8.01. The Hall–Kier alpha value is -1.14. The van der Waals surface area contributed by atoms with E-state index in [4.69, 9.17) is 4.74 Å². The second-order valence-electron chi connectivity index (χ2n) is 6.77. The van der Waals surface area contributed by atoms with E-state index in [2.05, 4.69) is 15.5 Å². The normalized spacial score (nSPS) is 33.9. The van der Waals surface area contributed by atoms with Crippen molar-refractivity contribution in [3.63, 3.8) is 0 Å². The van der Waals surface area contributed by atoms with Gasteiger partial charge in [-0.1, -0.05) is 0 Å². The monoisotopic (exact) mass is 295 g/mol. The number of ether oxygens (including phenoxy) is 1. The molecule has 0 radical (unpaired) electrons. The van der Waals surface area contributed by atoms with E-state index in [-0.39, 0.29) is 17.9 Å². The number of nitrogens with one attached hydrogen (secondary N) is 2. The molecule has 21 heavy (non-hydrogen) atoms. The van der Waals surface area contributed by atoms with Gasteiger partial charge in [-0.3, -0.25) is 10.1 Å². The standard InChI is InChI=1S/C15H25N3O3/c1-15(13(19)16-14(20)17-15)12-3-2-6-18(9-12)7-8-21-10-11-4-5-11/h11-12H,2-10H2,1H3,(H2,16,17,19,20)/t12-,15-/m0/s1. The van der Waals surface area contributed by atoms with Crippen molar-refractivity contribution in [2.45, 2.75) is 38.1 Å². The van der Waals surface area contributed by atoms with Gasteiger partial charge >= 0.3 is 6.03 Å². The van der Waals surface area contributed by atoms with Gasteiger partial charge in [-0.25, -0.2) is 4.79 Å². The van der Waals surface area contributed by atoms with Crippen LogP contribution in [0.2, 0.25) is 0 Å². The molecule has 0 aromatic carbocycles. The van der Waals surface area contributed by atoms with Crippen LogP contribution in [0, 0.1) is 11.8 Å². The van der Waals surface area contributed by atoms with Crippen molar-refractivity contribution in [2.75, 3.05) is 32.8 Å². The van der Waals surface area contributed by atoms with Gasteiger partial charge in [0.2, 0.25) is 0 Å².